The number of piperidine rings is 1. The number of likely N-dealkylation sites (tertiary alicyclic amines) is 1. The highest BCUT2D eigenvalue weighted by atomic mass is 16.5. The molecule has 1 heterocycles. The van der Waals surface area contributed by atoms with Crippen molar-refractivity contribution in [3.05, 3.63) is 29.3 Å². The van der Waals surface area contributed by atoms with Gasteiger partial charge in [-0.25, -0.2) is 0 Å². The van der Waals surface area contributed by atoms with Crippen molar-refractivity contribution in [2.45, 2.75) is 44.6 Å². The van der Waals surface area contributed by atoms with Crippen LogP contribution in [0, 0.1) is 0 Å². The van der Waals surface area contributed by atoms with Crippen LogP contribution in [0.2, 0.25) is 0 Å². The minimum Gasteiger partial charge on any atom is -0.492 e. The van der Waals surface area contributed by atoms with E-state index < -0.39 is 0 Å². The van der Waals surface area contributed by atoms with Crippen molar-refractivity contribution in [2.24, 2.45) is 0 Å². The van der Waals surface area contributed by atoms with Crippen molar-refractivity contribution in [1.29, 1.82) is 0 Å². The smallest absolute Gasteiger partial charge is 0.119 e. The van der Waals surface area contributed by atoms with Gasteiger partial charge >= 0.3 is 0 Å². The van der Waals surface area contributed by atoms with E-state index in [0.717, 1.165) is 43.7 Å². The van der Waals surface area contributed by atoms with Gasteiger partial charge < -0.3 is 9.84 Å². The first kappa shape index (κ1) is 13.9. The van der Waals surface area contributed by atoms with Crippen LogP contribution in [0.3, 0.4) is 0 Å². The van der Waals surface area contributed by atoms with Gasteiger partial charge in [0, 0.05) is 6.54 Å². The molecular formula is C17H25NO2. The Morgan fingerprint density at radius 3 is 2.85 bits per heavy atom. The number of aliphatic hydroxyl groups excluding tert-OH is 1. The van der Waals surface area contributed by atoms with E-state index >= 15 is 0 Å². The summed E-state index contributed by atoms with van der Waals surface area (Å²) in [5.74, 6) is 0.954. The molecule has 1 N–H and O–H groups in total. The quantitative estimate of drug-likeness (QED) is 0.917. The fraction of sp³-hybridized carbons (Fsp3) is 0.647. The van der Waals surface area contributed by atoms with Crippen LogP contribution < -0.4 is 4.74 Å². The molecule has 1 aromatic rings. The average Bonchev–Trinajstić information content (AvgIpc) is 2.48. The number of hydrogen-bond donors (Lipinski definition) is 1. The van der Waals surface area contributed by atoms with E-state index in [0.29, 0.717) is 0 Å². The molecule has 1 atom stereocenters. The molecule has 0 spiro atoms. The van der Waals surface area contributed by atoms with Crippen molar-refractivity contribution in [2.75, 3.05) is 26.2 Å². The second kappa shape index (κ2) is 6.59. The maximum absolute atomic E-state index is 9.95. The molecular weight excluding hydrogens is 250 g/mol. The normalized spacial score (nSPS) is 23.4. The fourth-order valence-electron chi connectivity index (χ4n) is 3.33. The summed E-state index contributed by atoms with van der Waals surface area (Å²) < 4.78 is 5.89. The summed E-state index contributed by atoms with van der Waals surface area (Å²) >= 11 is 0. The molecule has 3 rings (SSSR count). The van der Waals surface area contributed by atoms with E-state index in [1.807, 2.05) is 12.1 Å². The van der Waals surface area contributed by atoms with Crippen LogP contribution >= 0.6 is 0 Å². The maximum Gasteiger partial charge on any atom is 0.119 e. The van der Waals surface area contributed by atoms with Gasteiger partial charge in [-0.05, 0) is 68.5 Å². The molecule has 3 nitrogen and oxygen atoms in total. The van der Waals surface area contributed by atoms with Crippen LogP contribution in [0.25, 0.3) is 0 Å². The van der Waals surface area contributed by atoms with Gasteiger partial charge in [0.1, 0.15) is 12.4 Å². The van der Waals surface area contributed by atoms with Gasteiger partial charge in [-0.1, -0.05) is 12.5 Å². The molecule has 110 valence electrons. The lowest BCUT2D eigenvalue weighted by Crippen LogP contribution is -2.33. The third kappa shape index (κ3) is 3.33. The first-order valence-electron chi connectivity index (χ1n) is 7.99. The minimum atomic E-state index is -0.277. The maximum atomic E-state index is 9.95. The largest absolute Gasteiger partial charge is 0.492 e. The Balaban J connectivity index is 1.52. The molecule has 0 radical (unpaired) electrons. The lowest BCUT2D eigenvalue weighted by molar-refractivity contribution is 0.156. The van der Waals surface area contributed by atoms with Crippen LogP contribution in [0.5, 0.6) is 5.75 Å². The van der Waals surface area contributed by atoms with Crippen LogP contribution in [-0.4, -0.2) is 36.2 Å². The zero-order valence-electron chi connectivity index (χ0n) is 12.2. The van der Waals surface area contributed by atoms with E-state index in [4.69, 9.17) is 4.74 Å². The average molecular weight is 275 g/mol. The van der Waals surface area contributed by atoms with Crippen molar-refractivity contribution >= 4 is 0 Å². The van der Waals surface area contributed by atoms with Crippen LogP contribution in [0.15, 0.2) is 18.2 Å². The van der Waals surface area contributed by atoms with Gasteiger partial charge in [0.2, 0.25) is 0 Å². The molecule has 1 fully saturated rings. The van der Waals surface area contributed by atoms with Crippen molar-refractivity contribution in [3.63, 3.8) is 0 Å². The lowest BCUT2D eigenvalue weighted by atomic mass is 9.89. The van der Waals surface area contributed by atoms with Crippen molar-refractivity contribution in [3.8, 4) is 5.75 Å². The highest BCUT2D eigenvalue weighted by Gasteiger charge is 2.18. The van der Waals surface area contributed by atoms with Gasteiger partial charge in [0.05, 0.1) is 6.10 Å². The third-order valence-electron chi connectivity index (χ3n) is 4.52. The highest BCUT2D eigenvalue weighted by molar-refractivity contribution is 5.38. The predicted molar refractivity (Wildman–Crippen MR) is 80.1 cm³/mol. The summed E-state index contributed by atoms with van der Waals surface area (Å²) in [4.78, 5) is 2.49. The third-order valence-corrected chi connectivity index (χ3v) is 4.52. The molecule has 1 aliphatic heterocycles. The Kier molecular flexibility index (Phi) is 4.58. The summed E-state index contributed by atoms with van der Waals surface area (Å²) in [7, 11) is 0. The first-order chi connectivity index (χ1) is 9.83. The van der Waals surface area contributed by atoms with Crippen LogP contribution in [0.1, 0.15) is 49.3 Å². The number of aryl methyl sites for hydroxylation is 1. The van der Waals surface area contributed by atoms with Gasteiger partial charge in [0.25, 0.3) is 0 Å². The van der Waals surface area contributed by atoms with Gasteiger partial charge in [-0.2, -0.15) is 0 Å². The standard InChI is InChI=1S/C17H25NO2/c19-17-6-4-5-14-13-15(7-8-16(14)17)20-12-11-18-9-2-1-3-10-18/h7-8,13,17,19H,1-6,9-12H2. The summed E-state index contributed by atoms with van der Waals surface area (Å²) in [6, 6.07) is 6.16. The molecule has 1 unspecified atom stereocenters. The zero-order chi connectivity index (χ0) is 13.8. The number of fused-ring (bicyclic) bond motifs is 1. The molecule has 3 heteroatoms. The first-order valence-corrected chi connectivity index (χ1v) is 7.99. The highest BCUT2D eigenvalue weighted by Crippen LogP contribution is 2.31. The lowest BCUT2D eigenvalue weighted by Gasteiger charge is -2.26. The zero-order valence-corrected chi connectivity index (χ0v) is 12.2. The predicted octanol–water partition coefficient (Wildman–Crippen LogP) is 2.92. The second-order valence-corrected chi connectivity index (χ2v) is 6.02. The molecule has 0 bridgehead atoms. The topological polar surface area (TPSA) is 32.7 Å². The van der Waals surface area contributed by atoms with Gasteiger partial charge in [-0.3, -0.25) is 4.90 Å². The number of rotatable bonds is 4. The molecule has 0 aromatic heterocycles. The molecule has 2 aliphatic rings. The van der Waals surface area contributed by atoms with Crippen LogP contribution in [-0.2, 0) is 6.42 Å². The SMILES string of the molecule is OC1CCCc2cc(OCCN3CCCCC3)ccc21. The fourth-order valence-corrected chi connectivity index (χ4v) is 3.33. The second-order valence-electron chi connectivity index (χ2n) is 6.02. The molecule has 0 amide bonds. The molecule has 1 aromatic carbocycles. The Morgan fingerprint density at radius 1 is 1.15 bits per heavy atom. The molecule has 1 saturated heterocycles. The van der Waals surface area contributed by atoms with Crippen molar-refractivity contribution in [1.82, 2.24) is 4.90 Å². The van der Waals surface area contributed by atoms with E-state index in [1.165, 1.54) is 37.9 Å². The van der Waals surface area contributed by atoms with Crippen LogP contribution in [0.4, 0.5) is 0 Å². The number of hydrogen-bond acceptors (Lipinski definition) is 3. The molecule has 1 aliphatic carbocycles. The Labute approximate surface area is 121 Å². The van der Waals surface area contributed by atoms with E-state index in [2.05, 4.69) is 11.0 Å². The minimum absolute atomic E-state index is 0.277. The van der Waals surface area contributed by atoms with Gasteiger partial charge in [-0.15, -0.1) is 0 Å². The number of aliphatic hydroxyl groups is 1. The summed E-state index contributed by atoms with van der Waals surface area (Å²) in [5, 5.41) is 9.95. The summed E-state index contributed by atoms with van der Waals surface area (Å²) in [5.41, 5.74) is 2.36. The Bertz CT molecular complexity index is 441. The Morgan fingerprint density at radius 2 is 2.00 bits per heavy atom. The number of benzene rings is 1. The van der Waals surface area contributed by atoms with E-state index in [-0.39, 0.29) is 6.10 Å². The van der Waals surface area contributed by atoms with E-state index in [1.54, 1.807) is 0 Å². The van der Waals surface area contributed by atoms with E-state index in [9.17, 15) is 5.11 Å². The molecule has 0 saturated carbocycles. The molecule has 20 heavy (non-hydrogen) atoms. The Hall–Kier alpha value is -1.06. The number of nitrogens with zero attached hydrogens (tertiary/aromatic N) is 1. The van der Waals surface area contributed by atoms with Gasteiger partial charge in [0.15, 0.2) is 0 Å². The van der Waals surface area contributed by atoms with Crippen molar-refractivity contribution < 1.29 is 9.84 Å². The summed E-state index contributed by atoms with van der Waals surface area (Å²) in [6.45, 7) is 4.24. The number of ether oxygens (including phenoxy) is 1. The summed E-state index contributed by atoms with van der Waals surface area (Å²) in [6.07, 6.45) is 6.79. The monoisotopic (exact) mass is 275 g/mol.